The molecule has 3 rings (SSSR count). The van der Waals surface area contributed by atoms with E-state index in [4.69, 9.17) is 18.9 Å². The lowest BCUT2D eigenvalue weighted by Gasteiger charge is -2.26. The van der Waals surface area contributed by atoms with Crippen molar-refractivity contribution in [2.24, 2.45) is 0 Å². The molecule has 1 heterocycles. The van der Waals surface area contributed by atoms with Gasteiger partial charge in [-0.05, 0) is 49.6 Å². The van der Waals surface area contributed by atoms with Crippen LogP contribution in [0.15, 0.2) is 36.4 Å². The number of nitrogens with one attached hydrogen (secondary N) is 2. The predicted molar refractivity (Wildman–Crippen MR) is 154 cm³/mol. The number of carbonyl (C=O) groups excluding carboxylic acids is 1. The fourth-order valence-electron chi connectivity index (χ4n) is 4.81. The number of nitriles is 1. The van der Waals surface area contributed by atoms with Crippen LogP contribution in [-0.2, 0) is 22.7 Å². The zero-order valence-corrected chi connectivity index (χ0v) is 24.3. The van der Waals surface area contributed by atoms with E-state index in [1.54, 1.807) is 26.2 Å². The van der Waals surface area contributed by atoms with Crippen LogP contribution in [0.1, 0.15) is 49.3 Å². The van der Waals surface area contributed by atoms with Gasteiger partial charge >= 0.3 is 12.6 Å². The lowest BCUT2D eigenvalue weighted by atomic mass is 10.1. The summed E-state index contributed by atoms with van der Waals surface area (Å²) in [7, 11) is 4.65. The number of carbonyl (C=O) groups is 1. The van der Waals surface area contributed by atoms with E-state index in [1.165, 1.54) is 19.2 Å². The Morgan fingerprint density at radius 1 is 1.14 bits per heavy atom. The number of methoxy groups -OCH3 is 1. The zero-order valence-electron chi connectivity index (χ0n) is 24.3. The lowest BCUT2D eigenvalue weighted by Crippen LogP contribution is -2.36. The third kappa shape index (κ3) is 8.24. The van der Waals surface area contributed by atoms with Gasteiger partial charge in [-0.15, -0.1) is 0 Å². The van der Waals surface area contributed by atoms with Gasteiger partial charge in [0, 0.05) is 38.7 Å². The maximum absolute atomic E-state index is 13.5. The van der Waals surface area contributed by atoms with Crippen molar-refractivity contribution in [3.8, 4) is 23.3 Å². The van der Waals surface area contributed by atoms with E-state index >= 15 is 0 Å². The highest BCUT2D eigenvalue weighted by atomic mass is 19.3. The van der Waals surface area contributed by atoms with Crippen LogP contribution in [0.4, 0.5) is 20.2 Å². The van der Waals surface area contributed by atoms with Crippen LogP contribution in [0.3, 0.4) is 0 Å². The van der Waals surface area contributed by atoms with E-state index in [0.717, 1.165) is 12.8 Å². The Balaban J connectivity index is 2.00. The van der Waals surface area contributed by atoms with Crippen LogP contribution < -0.4 is 24.8 Å². The van der Waals surface area contributed by atoms with Crippen LogP contribution in [0.25, 0.3) is 0 Å². The predicted octanol–water partition coefficient (Wildman–Crippen LogP) is 5.01. The second-order valence-electron chi connectivity index (χ2n) is 9.56. The maximum atomic E-state index is 13.5. The fourth-order valence-corrected chi connectivity index (χ4v) is 4.81. The molecule has 1 aliphatic heterocycles. The maximum Gasteiger partial charge on any atom is 0.387 e. The molecule has 0 radical (unpaired) electrons. The number of rotatable bonds is 15. The summed E-state index contributed by atoms with van der Waals surface area (Å²) >= 11 is 0. The van der Waals surface area contributed by atoms with E-state index in [1.807, 2.05) is 24.0 Å². The molecular formula is C30H38F2N4O6. The van der Waals surface area contributed by atoms with Gasteiger partial charge in [-0.3, -0.25) is 9.69 Å². The highest BCUT2D eigenvalue weighted by molar-refractivity contribution is 5.76. The van der Waals surface area contributed by atoms with Gasteiger partial charge in [0.2, 0.25) is 6.29 Å². The summed E-state index contributed by atoms with van der Waals surface area (Å²) in [5.41, 5.74) is 2.12. The van der Waals surface area contributed by atoms with Gasteiger partial charge in [0.1, 0.15) is 17.9 Å². The summed E-state index contributed by atoms with van der Waals surface area (Å²) < 4.78 is 49.3. The molecule has 2 atom stereocenters. The summed E-state index contributed by atoms with van der Waals surface area (Å²) in [6, 6.07) is 7.82. The van der Waals surface area contributed by atoms with E-state index in [0.29, 0.717) is 35.5 Å². The molecule has 42 heavy (non-hydrogen) atoms. The van der Waals surface area contributed by atoms with Gasteiger partial charge in [0.25, 0.3) is 0 Å². The minimum absolute atomic E-state index is 0.0988. The van der Waals surface area contributed by atoms with Crippen molar-refractivity contribution in [3.63, 3.8) is 0 Å². The number of hydrogen-bond acceptors (Lipinski definition) is 10. The zero-order chi connectivity index (χ0) is 30.6. The molecule has 0 aliphatic carbocycles. The monoisotopic (exact) mass is 588 g/mol. The van der Waals surface area contributed by atoms with Crippen molar-refractivity contribution < 1.29 is 37.6 Å². The number of alkyl halides is 2. The summed E-state index contributed by atoms with van der Waals surface area (Å²) in [5.74, 6) is -0.0587. The molecule has 0 spiro atoms. The molecule has 12 heteroatoms. The third-order valence-corrected chi connectivity index (χ3v) is 6.82. The standard InChI is InChI=1S/C30H38F2N4O6/c1-5-6-7-10-27(42-28-20(16-33)12-19(18-37)13-23(28)35-3)40-26-15-25(41-30(31)32)21(14-22(26)34-2)17-36-11-8-9-24(36)29(38)39-4/h6-7,12-15,24,27,30,34-35,37H,5,8-11,17-18H2,1-4H3/b7-6-/t24-,27?/m0/s1. The second kappa shape index (κ2) is 15.8. The van der Waals surface area contributed by atoms with Crippen LogP contribution in [0.2, 0.25) is 0 Å². The first-order chi connectivity index (χ1) is 20.3. The lowest BCUT2D eigenvalue weighted by molar-refractivity contribution is -0.146. The summed E-state index contributed by atoms with van der Waals surface area (Å²) in [4.78, 5) is 14.1. The first-order valence-electron chi connectivity index (χ1n) is 13.7. The normalized spacial score (nSPS) is 15.8. The Bertz CT molecular complexity index is 1280. The molecule has 1 unspecified atom stereocenters. The topological polar surface area (TPSA) is 125 Å². The van der Waals surface area contributed by atoms with Crippen LogP contribution in [0.5, 0.6) is 17.2 Å². The minimum atomic E-state index is -3.09. The number of allylic oxidation sites excluding steroid dienone is 1. The highest BCUT2D eigenvalue weighted by Gasteiger charge is 2.32. The molecule has 3 N–H and O–H groups in total. The Labute approximate surface area is 244 Å². The van der Waals surface area contributed by atoms with Crippen molar-refractivity contribution in [3.05, 3.63) is 53.1 Å². The number of aliphatic hydroxyl groups excluding tert-OH is 1. The largest absolute Gasteiger partial charge is 0.468 e. The number of hydrogen-bond donors (Lipinski definition) is 3. The van der Waals surface area contributed by atoms with E-state index in [2.05, 4.69) is 16.7 Å². The molecule has 1 saturated heterocycles. The number of anilines is 2. The Morgan fingerprint density at radius 2 is 1.90 bits per heavy atom. The van der Waals surface area contributed by atoms with Crippen molar-refractivity contribution in [1.29, 1.82) is 5.26 Å². The molecular weight excluding hydrogens is 550 g/mol. The van der Waals surface area contributed by atoms with Gasteiger partial charge in [0.05, 0.1) is 30.7 Å². The Hall–Kier alpha value is -4.08. The molecule has 0 amide bonds. The first kappa shape index (κ1) is 32.4. The number of aliphatic hydroxyl groups is 1. The Morgan fingerprint density at radius 3 is 2.52 bits per heavy atom. The van der Waals surface area contributed by atoms with E-state index in [9.17, 15) is 23.9 Å². The van der Waals surface area contributed by atoms with E-state index in [-0.39, 0.29) is 48.4 Å². The molecule has 228 valence electrons. The molecule has 0 aromatic heterocycles. The van der Waals surface area contributed by atoms with Gasteiger partial charge in [0.15, 0.2) is 11.5 Å². The molecule has 10 nitrogen and oxygen atoms in total. The first-order valence-corrected chi connectivity index (χ1v) is 13.7. The van der Waals surface area contributed by atoms with Gasteiger partial charge in [-0.2, -0.15) is 14.0 Å². The van der Waals surface area contributed by atoms with E-state index < -0.39 is 18.9 Å². The van der Waals surface area contributed by atoms with Crippen molar-refractivity contribution in [2.45, 2.75) is 64.7 Å². The highest BCUT2D eigenvalue weighted by Crippen LogP contribution is 2.38. The van der Waals surface area contributed by atoms with Crippen LogP contribution in [0, 0.1) is 11.3 Å². The second-order valence-corrected chi connectivity index (χ2v) is 9.56. The average molecular weight is 589 g/mol. The number of nitrogens with zero attached hydrogens (tertiary/aromatic N) is 2. The quantitative estimate of drug-likeness (QED) is 0.148. The van der Waals surface area contributed by atoms with Crippen molar-refractivity contribution in [1.82, 2.24) is 4.90 Å². The molecule has 1 fully saturated rings. The van der Waals surface area contributed by atoms with Crippen LogP contribution in [-0.4, -0.2) is 62.7 Å². The minimum Gasteiger partial charge on any atom is -0.468 e. The Kier molecular flexibility index (Phi) is 12.2. The molecule has 2 aromatic rings. The molecule has 2 aromatic carbocycles. The summed E-state index contributed by atoms with van der Waals surface area (Å²) in [6.07, 6.45) is 5.26. The third-order valence-electron chi connectivity index (χ3n) is 6.82. The van der Waals surface area contributed by atoms with Gasteiger partial charge < -0.3 is 34.7 Å². The summed E-state index contributed by atoms with van der Waals surface area (Å²) in [6.45, 7) is -0.585. The number of ether oxygens (including phenoxy) is 4. The number of benzene rings is 2. The van der Waals surface area contributed by atoms with Crippen molar-refractivity contribution >= 4 is 17.3 Å². The van der Waals surface area contributed by atoms with Gasteiger partial charge in [-0.25, -0.2) is 0 Å². The molecule has 0 bridgehead atoms. The van der Waals surface area contributed by atoms with Gasteiger partial charge in [-0.1, -0.05) is 19.1 Å². The smallest absolute Gasteiger partial charge is 0.387 e. The average Bonchev–Trinajstić information content (AvgIpc) is 3.45. The molecule has 1 aliphatic rings. The molecule has 0 saturated carbocycles. The van der Waals surface area contributed by atoms with Crippen molar-refractivity contribution in [2.75, 3.05) is 38.4 Å². The number of likely N-dealkylation sites (tertiary alicyclic amines) is 1. The number of esters is 1. The fraction of sp³-hybridized carbons (Fsp3) is 0.467. The number of halogens is 2. The summed E-state index contributed by atoms with van der Waals surface area (Å²) in [5, 5.41) is 25.4. The van der Waals surface area contributed by atoms with Crippen LogP contribution >= 0.6 is 0 Å². The SMILES string of the molecule is CC/C=C\CC(Oc1cc(OC(F)F)c(CN2CCC[C@H]2C(=O)OC)cc1NC)Oc1c(C#N)cc(CO)cc1NC.